The summed E-state index contributed by atoms with van der Waals surface area (Å²) in [7, 11) is 0. The van der Waals surface area contributed by atoms with E-state index in [1.54, 1.807) is 0 Å². The van der Waals surface area contributed by atoms with Crippen molar-refractivity contribution in [3.8, 4) is 33.8 Å². The van der Waals surface area contributed by atoms with Crippen molar-refractivity contribution in [2.45, 2.75) is 6.92 Å². The molecule has 0 aliphatic carbocycles. The Bertz CT molecular complexity index is 1560. The van der Waals surface area contributed by atoms with Crippen LogP contribution in [0, 0.1) is 6.92 Å². The van der Waals surface area contributed by atoms with Crippen LogP contribution in [0.4, 0.5) is 0 Å². The summed E-state index contributed by atoms with van der Waals surface area (Å²) < 4.78 is 0. The Hall–Kier alpha value is -4.30. The Morgan fingerprint density at radius 2 is 1.06 bits per heavy atom. The first-order valence-electron chi connectivity index (χ1n) is 11.2. The van der Waals surface area contributed by atoms with Crippen molar-refractivity contribution >= 4 is 21.5 Å². The first kappa shape index (κ1) is 19.4. The van der Waals surface area contributed by atoms with Crippen LogP contribution in [0.1, 0.15) is 5.56 Å². The van der Waals surface area contributed by atoms with Crippen LogP contribution in [0.15, 0.2) is 115 Å². The second-order valence-corrected chi connectivity index (χ2v) is 8.33. The molecule has 0 bridgehead atoms. The fourth-order valence-corrected chi connectivity index (χ4v) is 4.75. The van der Waals surface area contributed by atoms with Gasteiger partial charge in [-0.2, -0.15) is 0 Å². The van der Waals surface area contributed by atoms with Crippen molar-refractivity contribution in [2.75, 3.05) is 0 Å². The molecule has 2 heteroatoms. The van der Waals surface area contributed by atoms with Gasteiger partial charge in [0.1, 0.15) is 0 Å². The number of hydrogen-bond acceptors (Lipinski definition) is 2. The van der Waals surface area contributed by atoms with Gasteiger partial charge in [-0.3, -0.25) is 4.98 Å². The van der Waals surface area contributed by atoms with Crippen LogP contribution in [0.5, 0.6) is 0 Å². The molecule has 33 heavy (non-hydrogen) atoms. The molecule has 0 aliphatic heterocycles. The molecule has 2 aromatic heterocycles. The zero-order chi connectivity index (χ0) is 22.2. The first-order valence-corrected chi connectivity index (χ1v) is 11.2. The van der Waals surface area contributed by atoms with Crippen molar-refractivity contribution in [1.82, 2.24) is 9.97 Å². The highest BCUT2D eigenvalue weighted by molar-refractivity contribution is 6.21. The number of benzene rings is 4. The summed E-state index contributed by atoms with van der Waals surface area (Å²) in [4.78, 5) is 9.58. The lowest BCUT2D eigenvalue weighted by Gasteiger charge is -2.17. The normalized spacial score (nSPS) is 11.2. The van der Waals surface area contributed by atoms with Gasteiger partial charge in [0.2, 0.25) is 0 Å². The van der Waals surface area contributed by atoms with Crippen molar-refractivity contribution in [3.05, 3.63) is 121 Å². The highest BCUT2D eigenvalue weighted by Gasteiger charge is 2.17. The molecule has 2 nitrogen and oxygen atoms in total. The van der Waals surface area contributed by atoms with Crippen molar-refractivity contribution in [2.24, 2.45) is 0 Å². The molecule has 4 aromatic carbocycles. The molecule has 0 spiro atoms. The maximum absolute atomic E-state index is 5.07. The summed E-state index contributed by atoms with van der Waals surface area (Å²) in [6, 6.07) is 38.3. The van der Waals surface area contributed by atoms with E-state index in [0.717, 1.165) is 22.6 Å². The van der Waals surface area contributed by atoms with E-state index >= 15 is 0 Å². The third kappa shape index (κ3) is 3.37. The van der Waals surface area contributed by atoms with E-state index in [-0.39, 0.29) is 0 Å². The summed E-state index contributed by atoms with van der Waals surface area (Å²) in [5.41, 5.74) is 7.65. The SMILES string of the molecule is Cc1cccc(-c2c3ccccc3c(-c3cccc(-c4ccccn4)n3)c3ccccc23)c1. The monoisotopic (exact) mass is 422 g/mol. The summed E-state index contributed by atoms with van der Waals surface area (Å²) >= 11 is 0. The molecular weight excluding hydrogens is 400 g/mol. The van der Waals surface area contributed by atoms with Crippen molar-refractivity contribution in [3.63, 3.8) is 0 Å². The highest BCUT2D eigenvalue weighted by atomic mass is 14.8. The van der Waals surface area contributed by atoms with Crippen LogP contribution in [-0.4, -0.2) is 9.97 Å². The van der Waals surface area contributed by atoms with E-state index < -0.39 is 0 Å². The maximum atomic E-state index is 5.07. The Balaban J connectivity index is 1.71. The molecule has 0 aliphatic rings. The van der Waals surface area contributed by atoms with Gasteiger partial charge in [-0.15, -0.1) is 0 Å². The summed E-state index contributed by atoms with van der Waals surface area (Å²) in [6.07, 6.45) is 1.81. The molecule has 0 fully saturated rings. The Morgan fingerprint density at radius 1 is 0.485 bits per heavy atom. The lowest BCUT2D eigenvalue weighted by atomic mass is 9.87. The Morgan fingerprint density at radius 3 is 1.70 bits per heavy atom. The van der Waals surface area contributed by atoms with E-state index in [1.807, 2.05) is 30.5 Å². The quantitative estimate of drug-likeness (QED) is 0.269. The molecule has 0 atom stereocenters. The van der Waals surface area contributed by atoms with Crippen LogP contribution in [0.3, 0.4) is 0 Å². The zero-order valence-corrected chi connectivity index (χ0v) is 18.4. The number of fused-ring (bicyclic) bond motifs is 2. The number of rotatable bonds is 3. The number of nitrogens with zero attached hydrogens (tertiary/aromatic N) is 2. The first-order chi connectivity index (χ1) is 16.3. The molecule has 0 saturated carbocycles. The molecule has 6 rings (SSSR count). The smallest absolute Gasteiger partial charge is 0.0893 e. The van der Waals surface area contributed by atoms with E-state index in [0.29, 0.717) is 0 Å². The van der Waals surface area contributed by atoms with Crippen LogP contribution in [0.2, 0.25) is 0 Å². The topological polar surface area (TPSA) is 25.8 Å². The van der Waals surface area contributed by atoms with Crippen molar-refractivity contribution < 1.29 is 0 Å². The molecule has 0 amide bonds. The Labute approximate surface area is 193 Å². The summed E-state index contributed by atoms with van der Waals surface area (Å²) in [5.74, 6) is 0. The van der Waals surface area contributed by atoms with E-state index in [4.69, 9.17) is 4.98 Å². The standard InChI is InChI=1S/C31H22N2/c1-21-10-8-11-22(20-21)30-23-12-2-4-14-25(23)31(26-15-5-3-13-24(26)30)29-18-9-17-28(33-29)27-16-6-7-19-32-27/h2-20H,1H3. The molecule has 0 saturated heterocycles. The average molecular weight is 423 g/mol. The fraction of sp³-hybridized carbons (Fsp3) is 0.0323. The second kappa shape index (κ2) is 7.99. The molecule has 0 N–H and O–H groups in total. The van der Waals surface area contributed by atoms with E-state index in [1.165, 1.54) is 38.2 Å². The molecule has 0 unspecified atom stereocenters. The fourth-order valence-electron chi connectivity index (χ4n) is 4.75. The van der Waals surface area contributed by atoms with Gasteiger partial charge in [0.05, 0.1) is 17.1 Å². The largest absolute Gasteiger partial charge is 0.255 e. The summed E-state index contributed by atoms with van der Waals surface area (Å²) in [5, 5.41) is 4.89. The van der Waals surface area contributed by atoms with Gasteiger partial charge in [-0.05, 0) is 63.9 Å². The molecule has 2 heterocycles. The number of pyridine rings is 2. The van der Waals surface area contributed by atoms with Gasteiger partial charge < -0.3 is 0 Å². The average Bonchev–Trinajstić information content (AvgIpc) is 2.88. The maximum Gasteiger partial charge on any atom is 0.0893 e. The third-order valence-electron chi connectivity index (χ3n) is 6.17. The minimum absolute atomic E-state index is 0.879. The zero-order valence-electron chi connectivity index (χ0n) is 18.4. The minimum Gasteiger partial charge on any atom is -0.255 e. The van der Waals surface area contributed by atoms with Gasteiger partial charge in [0.25, 0.3) is 0 Å². The van der Waals surface area contributed by atoms with Crippen LogP contribution >= 0.6 is 0 Å². The number of aryl methyl sites for hydroxylation is 1. The predicted molar refractivity (Wildman–Crippen MR) is 138 cm³/mol. The van der Waals surface area contributed by atoms with Crippen LogP contribution in [-0.2, 0) is 0 Å². The van der Waals surface area contributed by atoms with Crippen LogP contribution in [0.25, 0.3) is 55.3 Å². The van der Waals surface area contributed by atoms with Gasteiger partial charge in [-0.1, -0.05) is 90.5 Å². The summed E-state index contributed by atoms with van der Waals surface area (Å²) in [6.45, 7) is 2.15. The minimum atomic E-state index is 0.879. The van der Waals surface area contributed by atoms with Crippen LogP contribution < -0.4 is 0 Å². The number of hydrogen-bond donors (Lipinski definition) is 0. The molecule has 6 aromatic rings. The predicted octanol–water partition coefficient (Wildman–Crippen LogP) is 8.09. The van der Waals surface area contributed by atoms with Gasteiger partial charge in [0, 0.05) is 11.8 Å². The van der Waals surface area contributed by atoms with Gasteiger partial charge in [-0.25, -0.2) is 4.98 Å². The van der Waals surface area contributed by atoms with Gasteiger partial charge >= 0.3 is 0 Å². The van der Waals surface area contributed by atoms with E-state index in [2.05, 4.69) is 96.8 Å². The molecular formula is C31H22N2. The third-order valence-corrected chi connectivity index (χ3v) is 6.17. The lowest BCUT2D eigenvalue weighted by Crippen LogP contribution is -1.94. The second-order valence-electron chi connectivity index (χ2n) is 8.33. The molecule has 156 valence electrons. The molecule has 0 radical (unpaired) electrons. The number of aromatic nitrogens is 2. The Kier molecular flexibility index (Phi) is 4.70. The van der Waals surface area contributed by atoms with Gasteiger partial charge in [0.15, 0.2) is 0 Å². The van der Waals surface area contributed by atoms with E-state index in [9.17, 15) is 0 Å². The lowest BCUT2D eigenvalue weighted by molar-refractivity contribution is 1.25. The van der Waals surface area contributed by atoms with Crippen molar-refractivity contribution in [1.29, 1.82) is 0 Å². The highest BCUT2D eigenvalue weighted by Crippen LogP contribution is 2.43.